The third-order valence-corrected chi connectivity index (χ3v) is 4.47. The summed E-state index contributed by atoms with van der Waals surface area (Å²) in [6.07, 6.45) is 5.84. The zero-order valence-corrected chi connectivity index (χ0v) is 10.2. The number of hydrogen-bond donors (Lipinski definition) is 0. The fraction of sp³-hybridized carbons (Fsp3) is 0.846. The monoisotopic (exact) mass is 236 g/mol. The maximum Gasteiger partial charge on any atom is 0.236 e. The lowest BCUT2D eigenvalue weighted by Gasteiger charge is -2.34. The lowest BCUT2D eigenvalue weighted by molar-refractivity contribution is -0.134. The molecule has 4 nitrogen and oxygen atoms in total. The van der Waals surface area contributed by atoms with E-state index in [2.05, 4.69) is 4.90 Å². The molecule has 3 saturated heterocycles. The molecule has 0 spiro atoms. The first-order valence-corrected chi connectivity index (χ1v) is 6.79. The molecule has 0 saturated carbocycles. The van der Waals surface area contributed by atoms with Crippen molar-refractivity contribution in [3.8, 4) is 0 Å². The molecule has 0 N–H and O–H groups in total. The zero-order chi connectivity index (χ0) is 11.8. The van der Waals surface area contributed by atoms with Gasteiger partial charge in [-0.05, 0) is 25.7 Å². The third kappa shape index (κ3) is 2.10. The zero-order valence-electron chi connectivity index (χ0n) is 10.2. The normalized spacial score (nSPS) is 33.4. The Morgan fingerprint density at radius 1 is 1.12 bits per heavy atom. The number of likely N-dealkylation sites (tertiary alicyclic amines) is 1. The van der Waals surface area contributed by atoms with Crippen LogP contribution in [0.2, 0.25) is 0 Å². The van der Waals surface area contributed by atoms with E-state index in [-0.39, 0.29) is 5.91 Å². The molecule has 0 aromatic rings. The molecule has 2 atom stereocenters. The summed E-state index contributed by atoms with van der Waals surface area (Å²) in [5.74, 6) is 0.663. The van der Waals surface area contributed by atoms with Gasteiger partial charge in [0.15, 0.2) is 0 Å². The van der Waals surface area contributed by atoms with Gasteiger partial charge in [0, 0.05) is 38.0 Å². The van der Waals surface area contributed by atoms with Gasteiger partial charge >= 0.3 is 0 Å². The molecule has 3 rings (SSSR count). The van der Waals surface area contributed by atoms with Gasteiger partial charge in [-0.15, -0.1) is 0 Å². The highest BCUT2D eigenvalue weighted by atomic mass is 16.2. The molecule has 3 aliphatic rings. The van der Waals surface area contributed by atoms with E-state index in [1.165, 1.54) is 0 Å². The number of piperidine rings is 1. The van der Waals surface area contributed by atoms with Crippen LogP contribution < -0.4 is 0 Å². The Morgan fingerprint density at radius 3 is 2.29 bits per heavy atom. The van der Waals surface area contributed by atoms with Gasteiger partial charge in [0.05, 0.1) is 6.54 Å². The molecule has 0 aromatic heterocycles. The molecular weight excluding hydrogens is 216 g/mol. The fourth-order valence-corrected chi connectivity index (χ4v) is 3.54. The van der Waals surface area contributed by atoms with Crippen molar-refractivity contribution in [1.29, 1.82) is 0 Å². The van der Waals surface area contributed by atoms with Crippen LogP contribution in [0.25, 0.3) is 0 Å². The van der Waals surface area contributed by atoms with Crippen molar-refractivity contribution in [2.75, 3.05) is 19.6 Å². The van der Waals surface area contributed by atoms with Gasteiger partial charge in [-0.25, -0.2) is 0 Å². The Morgan fingerprint density at radius 2 is 1.71 bits per heavy atom. The van der Waals surface area contributed by atoms with E-state index >= 15 is 0 Å². The molecule has 17 heavy (non-hydrogen) atoms. The Labute approximate surface area is 102 Å². The summed E-state index contributed by atoms with van der Waals surface area (Å²) >= 11 is 0. The van der Waals surface area contributed by atoms with Gasteiger partial charge < -0.3 is 4.90 Å². The van der Waals surface area contributed by atoms with Crippen molar-refractivity contribution in [3.05, 3.63) is 0 Å². The van der Waals surface area contributed by atoms with Gasteiger partial charge in [0.25, 0.3) is 0 Å². The molecule has 94 valence electrons. The highest BCUT2D eigenvalue weighted by Crippen LogP contribution is 2.33. The molecule has 0 aromatic carbocycles. The number of rotatable bonds is 2. The van der Waals surface area contributed by atoms with Gasteiger partial charge in [0.2, 0.25) is 5.91 Å². The van der Waals surface area contributed by atoms with Crippen molar-refractivity contribution in [3.63, 3.8) is 0 Å². The van der Waals surface area contributed by atoms with Gasteiger partial charge in [-0.1, -0.05) is 0 Å². The van der Waals surface area contributed by atoms with Crippen LogP contribution in [0.3, 0.4) is 0 Å². The van der Waals surface area contributed by atoms with Crippen molar-refractivity contribution in [2.24, 2.45) is 0 Å². The number of carbonyl (C=O) groups is 2. The first-order valence-electron chi connectivity index (χ1n) is 6.79. The van der Waals surface area contributed by atoms with Gasteiger partial charge in [-0.2, -0.15) is 0 Å². The highest BCUT2D eigenvalue weighted by Gasteiger charge is 2.41. The van der Waals surface area contributed by atoms with E-state index < -0.39 is 0 Å². The molecule has 0 radical (unpaired) electrons. The van der Waals surface area contributed by atoms with Crippen LogP contribution in [0.4, 0.5) is 0 Å². The average molecular weight is 236 g/mol. The van der Waals surface area contributed by atoms with Gasteiger partial charge in [-0.3, -0.25) is 14.5 Å². The Balaban J connectivity index is 1.62. The number of ketones is 1. The molecule has 3 aliphatic heterocycles. The number of amides is 1. The number of hydrogen-bond acceptors (Lipinski definition) is 3. The number of carbonyl (C=O) groups excluding carboxylic acids is 2. The van der Waals surface area contributed by atoms with E-state index in [0.717, 1.165) is 38.8 Å². The molecule has 1 amide bonds. The quantitative estimate of drug-likeness (QED) is 0.712. The van der Waals surface area contributed by atoms with E-state index in [4.69, 9.17) is 0 Å². The minimum atomic E-state index is 0.272. The summed E-state index contributed by atoms with van der Waals surface area (Å²) in [5, 5.41) is 0. The fourth-order valence-electron chi connectivity index (χ4n) is 3.54. The SMILES string of the molecule is O=C1CC2CCC(C1)N2CC(=O)N1CCCC1. The van der Waals surface area contributed by atoms with Crippen molar-refractivity contribution in [2.45, 2.75) is 50.6 Å². The van der Waals surface area contributed by atoms with Crippen LogP contribution in [-0.4, -0.2) is 53.2 Å². The molecule has 4 heteroatoms. The molecular formula is C13H20N2O2. The molecule has 2 bridgehead atoms. The van der Waals surface area contributed by atoms with Crippen molar-refractivity contribution < 1.29 is 9.59 Å². The van der Waals surface area contributed by atoms with Crippen LogP contribution in [0, 0.1) is 0 Å². The third-order valence-electron chi connectivity index (χ3n) is 4.47. The Kier molecular flexibility index (Phi) is 2.90. The summed E-state index contributed by atoms with van der Waals surface area (Å²) in [4.78, 5) is 27.9. The summed E-state index contributed by atoms with van der Waals surface area (Å²) < 4.78 is 0. The molecule has 3 heterocycles. The van der Waals surface area contributed by atoms with Crippen molar-refractivity contribution >= 4 is 11.7 Å². The second kappa shape index (κ2) is 4.41. The van der Waals surface area contributed by atoms with Crippen LogP contribution in [-0.2, 0) is 9.59 Å². The topological polar surface area (TPSA) is 40.6 Å². The van der Waals surface area contributed by atoms with Crippen LogP contribution in [0.5, 0.6) is 0 Å². The second-order valence-electron chi connectivity index (χ2n) is 5.59. The second-order valence-corrected chi connectivity index (χ2v) is 5.59. The number of nitrogens with zero attached hydrogens (tertiary/aromatic N) is 2. The predicted octanol–water partition coefficient (Wildman–Crippen LogP) is 0.805. The van der Waals surface area contributed by atoms with E-state index in [1.54, 1.807) is 0 Å². The molecule has 3 fully saturated rings. The van der Waals surface area contributed by atoms with Crippen LogP contribution in [0.1, 0.15) is 38.5 Å². The number of Topliss-reactive ketones (excluding diaryl/α,β-unsaturated/α-hetero) is 1. The summed E-state index contributed by atoms with van der Waals surface area (Å²) in [7, 11) is 0. The first kappa shape index (κ1) is 11.2. The maximum atomic E-state index is 12.1. The van der Waals surface area contributed by atoms with E-state index in [0.29, 0.717) is 37.3 Å². The lowest BCUT2D eigenvalue weighted by atomic mass is 10.0. The smallest absolute Gasteiger partial charge is 0.236 e. The average Bonchev–Trinajstić information content (AvgIpc) is 2.88. The maximum absolute atomic E-state index is 12.1. The van der Waals surface area contributed by atoms with Gasteiger partial charge in [0.1, 0.15) is 5.78 Å². The minimum Gasteiger partial charge on any atom is -0.342 e. The largest absolute Gasteiger partial charge is 0.342 e. The van der Waals surface area contributed by atoms with Crippen LogP contribution >= 0.6 is 0 Å². The lowest BCUT2D eigenvalue weighted by Crippen LogP contribution is -2.48. The van der Waals surface area contributed by atoms with Crippen molar-refractivity contribution in [1.82, 2.24) is 9.80 Å². The molecule has 0 aliphatic carbocycles. The highest BCUT2D eigenvalue weighted by molar-refractivity contribution is 5.82. The predicted molar refractivity (Wildman–Crippen MR) is 63.6 cm³/mol. The first-order chi connectivity index (χ1) is 8.24. The van der Waals surface area contributed by atoms with Crippen LogP contribution in [0.15, 0.2) is 0 Å². The molecule has 2 unspecified atom stereocenters. The Bertz CT molecular complexity index is 320. The minimum absolute atomic E-state index is 0.272. The van der Waals surface area contributed by atoms with E-state index in [9.17, 15) is 9.59 Å². The summed E-state index contributed by atoms with van der Waals surface area (Å²) in [5.41, 5.74) is 0. The Hall–Kier alpha value is -0.900. The summed E-state index contributed by atoms with van der Waals surface area (Å²) in [6, 6.07) is 0.709. The number of fused-ring (bicyclic) bond motifs is 2. The summed E-state index contributed by atoms with van der Waals surface area (Å²) in [6.45, 7) is 2.41. The standard InChI is InChI=1S/C13H20N2O2/c16-12-7-10-3-4-11(8-12)15(10)9-13(17)14-5-1-2-6-14/h10-11H,1-9H2. The van der Waals surface area contributed by atoms with E-state index in [1.807, 2.05) is 4.90 Å².